The standard InChI is InChI=1S/C28H24NO2P/c1-30-24-17-16-19-10-6-8-14-22(19)26(24)27-23-15-9-7-11-20(23)18-25(28(27)31-2)32(29)21-12-4-3-5-13-21/h3-18H,29H2,1-2H3. The Hall–Kier alpha value is -3.39. The van der Waals surface area contributed by atoms with E-state index in [1.54, 1.807) is 14.2 Å². The Bertz CT molecular complexity index is 1420. The summed E-state index contributed by atoms with van der Waals surface area (Å²) in [6, 6.07) is 33.3. The van der Waals surface area contributed by atoms with Gasteiger partial charge in [0.15, 0.2) is 0 Å². The summed E-state index contributed by atoms with van der Waals surface area (Å²) in [4.78, 5) is 0. The first-order chi connectivity index (χ1) is 15.7. The summed E-state index contributed by atoms with van der Waals surface area (Å²) in [5.74, 6) is 1.61. The van der Waals surface area contributed by atoms with Crippen molar-refractivity contribution in [2.45, 2.75) is 0 Å². The summed E-state index contributed by atoms with van der Waals surface area (Å²) in [6.07, 6.45) is 0. The van der Waals surface area contributed by atoms with Crippen LogP contribution in [-0.2, 0) is 0 Å². The Kier molecular flexibility index (Phi) is 5.53. The van der Waals surface area contributed by atoms with Crippen molar-refractivity contribution >= 4 is 40.2 Å². The van der Waals surface area contributed by atoms with Gasteiger partial charge in [0.1, 0.15) is 11.5 Å². The van der Waals surface area contributed by atoms with Gasteiger partial charge in [-0.15, -0.1) is 0 Å². The van der Waals surface area contributed by atoms with E-state index in [0.29, 0.717) is 0 Å². The molecule has 32 heavy (non-hydrogen) atoms. The van der Waals surface area contributed by atoms with Crippen molar-refractivity contribution in [3.8, 4) is 22.6 Å². The van der Waals surface area contributed by atoms with Crippen molar-refractivity contribution in [1.29, 1.82) is 0 Å². The minimum Gasteiger partial charge on any atom is -0.496 e. The summed E-state index contributed by atoms with van der Waals surface area (Å²) < 4.78 is 12.0. The van der Waals surface area contributed by atoms with E-state index in [9.17, 15) is 0 Å². The quantitative estimate of drug-likeness (QED) is 0.344. The van der Waals surface area contributed by atoms with Crippen LogP contribution in [0, 0.1) is 0 Å². The Morgan fingerprint density at radius 1 is 0.625 bits per heavy atom. The van der Waals surface area contributed by atoms with Gasteiger partial charge in [0.05, 0.1) is 14.2 Å². The highest BCUT2D eigenvalue weighted by Crippen LogP contribution is 2.47. The van der Waals surface area contributed by atoms with Gasteiger partial charge in [-0.25, -0.2) is 0 Å². The zero-order chi connectivity index (χ0) is 22.1. The summed E-state index contributed by atoms with van der Waals surface area (Å²) in [5, 5.41) is 6.62. The molecule has 5 rings (SSSR count). The maximum Gasteiger partial charge on any atom is 0.136 e. The van der Waals surface area contributed by atoms with Crippen LogP contribution in [0.1, 0.15) is 0 Å². The fourth-order valence-electron chi connectivity index (χ4n) is 4.35. The smallest absolute Gasteiger partial charge is 0.136 e. The van der Waals surface area contributed by atoms with Crippen LogP contribution >= 0.6 is 8.07 Å². The van der Waals surface area contributed by atoms with E-state index in [1.165, 1.54) is 0 Å². The molecule has 5 aromatic rings. The lowest BCUT2D eigenvalue weighted by molar-refractivity contribution is 0.412. The van der Waals surface area contributed by atoms with Gasteiger partial charge in [-0.1, -0.05) is 84.9 Å². The number of fused-ring (bicyclic) bond motifs is 2. The van der Waals surface area contributed by atoms with Gasteiger partial charge in [0.25, 0.3) is 0 Å². The number of methoxy groups -OCH3 is 2. The molecule has 0 aliphatic carbocycles. The lowest BCUT2D eigenvalue weighted by atomic mass is 9.92. The maximum absolute atomic E-state index is 6.87. The normalized spacial score (nSPS) is 12.1. The molecule has 158 valence electrons. The molecule has 0 saturated heterocycles. The van der Waals surface area contributed by atoms with E-state index < -0.39 is 8.07 Å². The SMILES string of the molecule is COc1ccc2ccccc2c1-c1c(OC)c(P(N)c2ccccc2)cc2ccccc12. The van der Waals surface area contributed by atoms with Crippen molar-refractivity contribution in [3.63, 3.8) is 0 Å². The maximum atomic E-state index is 6.87. The largest absolute Gasteiger partial charge is 0.496 e. The Labute approximate surface area is 189 Å². The molecule has 0 radical (unpaired) electrons. The summed E-state index contributed by atoms with van der Waals surface area (Å²) >= 11 is 0. The van der Waals surface area contributed by atoms with Crippen molar-refractivity contribution in [3.05, 3.63) is 97.1 Å². The fourth-order valence-corrected chi connectivity index (χ4v) is 5.83. The average Bonchev–Trinajstić information content (AvgIpc) is 2.87. The first kappa shape index (κ1) is 20.5. The molecule has 0 bridgehead atoms. The second kappa shape index (κ2) is 8.63. The number of hydrogen-bond donors (Lipinski definition) is 1. The second-order valence-corrected chi connectivity index (χ2v) is 9.33. The lowest BCUT2D eigenvalue weighted by Crippen LogP contribution is -2.20. The molecule has 1 atom stereocenters. The molecule has 4 heteroatoms. The van der Waals surface area contributed by atoms with Gasteiger partial charge in [-0.2, -0.15) is 0 Å². The summed E-state index contributed by atoms with van der Waals surface area (Å²) in [5.41, 5.74) is 8.91. The fraction of sp³-hybridized carbons (Fsp3) is 0.0714. The van der Waals surface area contributed by atoms with Crippen molar-refractivity contribution in [1.82, 2.24) is 0 Å². The highest BCUT2D eigenvalue weighted by Gasteiger charge is 2.24. The van der Waals surface area contributed by atoms with E-state index in [-0.39, 0.29) is 0 Å². The zero-order valence-corrected chi connectivity index (χ0v) is 19.0. The van der Waals surface area contributed by atoms with Crippen LogP contribution in [0.25, 0.3) is 32.7 Å². The molecule has 0 saturated carbocycles. The van der Waals surface area contributed by atoms with E-state index >= 15 is 0 Å². The predicted molar refractivity (Wildman–Crippen MR) is 137 cm³/mol. The molecule has 2 N–H and O–H groups in total. The molecule has 5 aromatic carbocycles. The van der Waals surface area contributed by atoms with Crippen molar-refractivity contribution in [2.24, 2.45) is 5.50 Å². The third-order valence-corrected chi connectivity index (χ3v) is 7.55. The van der Waals surface area contributed by atoms with Crippen LogP contribution < -0.4 is 25.6 Å². The third kappa shape index (κ3) is 3.40. The molecule has 0 amide bonds. The minimum absolute atomic E-state index is 0.802. The van der Waals surface area contributed by atoms with Crippen LogP contribution in [0.3, 0.4) is 0 Å². The molecular formula is C28H24NO2P. The molecule has 0 aliphatic rings. The second-order valence-electron chi connectivity index (χ2n) is 7.59. The molecule has 0 aliphatic heterocycles. The molecule has 0 aromatic heterocycles. The van der Waals surface area contributed by atoms with Gasteiger partial charge in [0, 0.05) is 24.5 Å². The predicted octanol–water partition coefficient (Wildman–Crippen LogP) is 5.98. The van der Waals surface area contributed by atoms with Gasteiger partial charge >= 0.3 is 0 Å². The first-order valence-corrected chi connectivity index (χ1v) is 11.9. The summed E-state index contributed by atoms with van der Waals surface area (Å²) in [7, 11) is 2.34. The van der Waals surface area contributed by atoms with Gasteiger partial charge in [0.2, 0.25) is 0 Å². The molecule has 3 nitrogen and oxygen atoms in total. The lowest BCUT2D eigenvalue weighted by Gasteiger charge is -2.23. The number of hydrogen-bond acceptors (Lipinski definition) is 3. The Morgan fingerprint density at radius 2 is 1.25 bits per heavy atom. The number of rotatable bonds is 5. The number of benzene rings is 5. The van der Waals surface area contributed by atoms with E-state index in [4.69, 9.17) is 15.0 Å². The van der Waals surface area contributed by atoms with Crippen LogP contribution in [0.5, 0.6) is 11.5 Å². The van der Waals surface area contributed by atoms with Crippen LogP contribution in [0.4, 0.5) is 0 Å². The van der Waals surface area contributed by atoms with Gasteiger partial charge in [-0.05, 0) is 39.0 Å². The van der Waals surface area contributed by atoms with Crippen LogP contribution in [0.15, 0.2) is 97.1 Å². The first-order valence-electron chi connectivity index (χ1n) is 10.5. The van der Waals surface area contributed by atoms with Crippen LogP contribution in [0.2, 0.25) is 0 Å². The topological polar surface area (TPSA) is 44.5 Å². The van der Waals surface area contributed by atoms with E-state index in [1.807, 2.05) is 24.3 Å². The Morgan fingerprint density at radius 3 is 1.94 bits per heavy atom. The summed E-state index contributed by atoms with van der Waals surface area (Å²) in [6.45, 7) is 0. The van der Waals surface area contributed by atoms with Crippen LogP contribution in [-0.4, -0.2) is 14.2 Å². The van der Waals surface area contributed by atoms with Gasteiger partial charge in [-0.3, -0.25) is 0 Å². The third-order valence-electron chi connectivity index (χ3n) is 5.84. The molecule has 0 fully saturated rings. The highest BCUT2D eigenvalue weighted by atomic mass is 31.1. The average molecular weight is 437 g/mol. The number of nitrogens with two attached hydrogens (primary N) is 1. The minimum atomic E-state index is -1.10. The Balaban J connectivity index is 1.92. The highest BCUT2D eigenvalue weighted by molar-refractivity contribution is 7.71. The zero-order valence-electron chi connectivity index (χ0n) is 18.1. The molecule has 0 spiro atoms. The van der Waals surface area contributed by atoms with Gasteiger partial charge < -0.3 is 15.0 Å². The molecule has 1 unspecified atom stereocenters. The van der Waals surface area contributed by atoms with E-state index in [2.05, 4.69) is 72.8 Å². The monoisotopic (exact) mass is 437 g/mol. The van der Waals surface area contributed by atoms with Crippen molar-refractivity contribution < 1.29 is 9.47 Å². The molecule has 0 heterocycles. The van der Waals surface area contributed by atoms with Crippen molar-refractivity contribution in [2.75, 3.05) is 14.2 Å². The van der Waals surface area contributed by atoms with E-state index in [0.717, 1.165) is 54.8 Å². The molecular weight excluding hydrogens is 413 g/mol. The number of ether oxygens (including phenoxy) is 2.